The quantitative estimate of drug-likeness (QED) is 0.728. The second-order valence-electron chi connectivity index (χ2n) is 2.89. The maximum atomic E-state index is 5.89. The van der Waals surface area contributed by atoms with Gasteiger partial charge in [0.2, 0.25) is 10.9 Å². The Kier molecular flexibility index (Phi) is 1.95. The molecule has 0 aliphatic carbocycles. The van der Waals surface area contributed by atoms with Crippen LogP contribution in [-0.4, -0.2) is 14.6 Å². The molecule has 2 N–H and O–H groups in total. The molecule has 0 spiro atoms. The molecule has 0 radical (unpaired) electrons. The van der Waals surface area contributed by atoms with E-state index in [0.717, 1.165) is 19.9 Å². The molecule has 3 aromatic rings. The molecular formula is C8H5ClN4S2. The van der Waals surface area contributed by atoms with Crippen molar-refractivity contribution in [3.8, 4) is 10.6 Å². The fourth-order valence-corrected chi connectivity index (χ4v) is 3.27. The summed E-state index contributed by atoms with van der Waals surface area (Å²) in [5, 5.41) is 6.11. The van der Waals surface area contributed by atoms with Crippen LogP contribution in [0.3, 0.4) is 0 Å². The summed E-state index contributed by atoms with van der Waals surface area (Å²) >= 11 is 8.91. The number of halogens is 1. The predicted molar refractivity (Wildman–Crippen MR) is 63.6 cm³/mol. The normalized spacial score (nSPS) is 11.3. The minimum atomic E-state index is 0.297. The van der Waals surface area contributed by atoms with Crippen LogP contribution in [0.25, 0.3) is 15.5 Å². The number of thiophene rings is 1. The van der Waals surface area contributed by atoms with Gasteiger partial charge in [-0.05, 0) is 12.1 Å². The summed E-state index contributed by atoms with van der Waals surface area (Å²) in [5.41, 5.74) is 6.51. The smallest absolute Gasteiger partial charge is 0.241 e. The van der Waals surface area contributed by atoms with Gasteiger partial charge in [0.1, 0.15) is 0 Å². The first-order chi connectivity index (χ1) is 7.24. The average Bonchev–Trinajstić information content (AvgIpc) is 2.80. The van der Waals surface area contributed by atoms with Crippen LogP contribution >= 0.6 is 34.3 Å². The molecule has 0 aromatic carbocycles. The second kappa shape index (κ2) is 3.19. The van der Waals surface area contributed by atoms with Crippen LogP contribution in [0.15, 0.2) is 17.5 Å². The van der Waals surface area contributed by atoms with E-state index in [1.807, 2.05) is 17.5 Å². The molecule has 0 saturated carbocycles. The van der Waals surface area contributed by atoms with Gasteiger partial charge in [-0.2, -0.15) is 4.98 Å². The van der Waals surface area contributed by atoms with Gasteiger partial charge in [0, 0.05) is 5.38 Å². The summed E-state index contributed by atoms with van der Waals surface area (Å²) in [4.78, 5) is 5.95. The lowest BCUT2D eigenvalue weighted by molar-refractivity contribution is 0.995. The summed E-state index contributed by atoms with van der Waals surface area (Å²) in [6.45, 7) is 0. The lowest BCUT2D eigenvalue weighted by Crippen LogP contribution is -1.89. The SMILES string of the molecule is Nc1nc2scc(-c3ccc(Cl)s3)n2n1. The molecule has 3 aromatic heterocycles. The first-order valence-electron chi connectivity index (χ1n) is 4.09. The van der Waals surface area contributed by atoms with Gasteiger partial charge in [-0.25, -0.2) is 4.52 Å². The third-order valence-corrected chi connectivity index (χ3v) is 3.99. The lowest BCUT2D eigenvalue weighted by atomic mass is 10.4. The molecule has 0 unspecified atom stereocenters. The summed E-state index contributed by atoms with van der Waals surface area (Å²) in [6, 6.07) is 3.83. The van der Waals surface area contributed by atoms with E-state index in [1.165, 1.54) is 22.7 Å². The Morgan fingerprint density at radius 1 is 1.40 bits per heavy atom. The Hall–Kier alpha value is -1.11. The molecule has 3 heterocycles. The van der Waals surface area contributed by atoms with Gasteiger partial charge in [-0.15, -0.1) is 27.8 Å². The topological polar surface area (TPSA) is 56.2 Å². The zero-order valence-electron chi connectivity index (χ0n) is 7.35. The number of hydrogen-bond donors (Lipinski definition) is 1. The van der Waals surface area contributed by atoms with E-state index in [-0.39, 0.29) is 0 Å². The zero-order valence-corrected chi connectivity index (χ0v) is 9.73. The Bertz CT molecular complexity index is 623. The number of fused-ring (bicyclic) bond motifs is 1. The fourth-order valence-electron chi connectivity index (χ4n) is 1.32. The van der Waals surface area contributed by atoms with E-state index in [4.69, 9.17) is 17.3 Å². The molecule has 0 aliphatic rings. The number of nitrogens with two attached hydrogens (primary N) is 1. The van der Waals surface area contributed by atoms with Crippen molar-refractivity contribution in [2.45, 2.75) is 0 Å². The molecule has 0 fully saturated rings. The molecule has 15 heavy (non-hydrogen) atoms. The van der Waals surface area contributed by atoms with E-state index >= 15 is 0 Å². The number of thiazole rings is 1. The molecule has 0 atom stereocenters. The maximum absolute atomic E-state index is 5.89. The predicted octanol–water partition coefficient (Wildman–Crippen LogP) is 2.75. The summed E-state index contributed by atoms with van der Waals surface area (Å²) in [7, 11) is 0. The van der Waals surface area contributed by atoms with Gasteiger partial charge in [-0.3, -0.25) is 0 Å². The van der Waals surface area contributed by atoms with Gasteiger partial charge in [0.25, 0.3) is 0 Å². The van der Waals surface area contributed by atoms with E-state index < -0.39 is 0 Å². The highest BCUT2D eigenvalue weighted by Gasteiger charge is 2.11. The first-order valence-corrected chi connectivity index (χ1v) is 6.17. The average molecular weight is 257 g/mol. The Balaban J connectivity index is 2.26. The van der Waals surface area contributed by atoms with Crippen molar-refractivity contribution in [1.29, 1.82) is 0 Å². The zero-order chi connectivity index (χ0) is 10.4. The molecule has 3 rings (SSSR count). The summed E-state index contributed by atoms with van der Waals surface area (Å²) in [6.07, 6.45) is 0. The van der Waals surface area contributed by atoms with Crippen molar-refractivity contribution in [2.75, 3.05) is 5.73 Å². The number of nitrogens with zero attached hydrogens (tertiary/aromatic N) is 3. The number of anilines is 1. The summed E-state index contributed by atoms with van der Waals surface area (Å²) < 4.78 is 2.50. The number of hydrogen-bond acceptors (Lipinski definition) is 5. The standard InChI is InChI=1S/C8H5ClN4S2/c9-6-2-1-5(15-6)4-3-14-8-11-7(10)12-13(4)8/h1-3H,(H2,10,12). The maximum Gasteiger partial charge on any atom is 0.241 e. The van der Waals surface area contributed by atoms with Crippen LogP contribution < -0.4 is 5.73 Å². The van der Waals surface area contributed by atoms with Gasteiger partial charge >= 0.3 is 0 Å². The van der Waals surface area contributed by atoms with Crippen LogP contribution in [0.1, 0.15) is 0 Å². The summed E-state index contributed by atoms with van der Waals surface area (Å²) in [5.74, 6) is 0.297. The van der Waals surface area contributed by atoms with Crippen LogP contribution in [0.2, 0.25) is 4.34 Å². The fraction of sp³-hybridized carbons (Fsp3) is 0. The van der Waals surface area contributed by atoms with Crippen LogP contribution in [-0.2, 0) is 0 Å². The van der Waals surface area contributed by atoms with Gasteiger partial charge in [-0.1, -0.05) is 11.6 Å². The highest BCUT2D eigenvalue weighted by molar-refractivity contribution is 7.20. The van der Waals surface area contributed by atoms with Crippen molar-refractivity contribution >= 4 is 45.2 Å². The largest absolute Gasteiger partial charge is 0.366 e. The van der Waals surface area contributed by atoms with Crippen molar-refractivity contribution in [3.05, 3.63) is 21.8 Å². The van der Waals surface area contributed by atoms with Crippen LogP contribution in [0.4, 0.5) is 5.95 Å². The van der Waals surface area contributed by atoms with Crippen molar-refractivity contribution in [1.82, 2.24) is 14.6 Å². The Morgan fingerprint density at radius 3 is 3.00 bits per heavy atom. The molecule has 0 bridgehead atoms. The molecule has 0 aliphatic heterocycles. The van der Waals surface area contributed by atoms with Crippen molar-refractivity contribution in [2.24, 2.45) is 0 Å². The van der Waals surface area contributed by atoms with Crippen LogP contribution in [0, 0.1) is 0 Å². The second-order valence-corrected chi connectivity index (χ2v) is 5.44. The van der Waals surface area contributed by atoms with E-state index in [2.05, 4.69) is 10.1 Å². The number of nitrogen functional groups attached to an aromatic ring is 1. The third-order valence-electron chi connectivity index (χ3n) is 1.92. The highest BCUT2D eigenvalue weighted by Crippen LogP contribution is 2.33. The monoisotopic (exact) mass is 256 g/mol. The van der Waals surface area contributed by atoms with E-state index in [9.17, 15) is 0 Å². The third kappa shape index (κ3) is 1.41. The Morgan fingerprint density at radius 2 is 2.27 bits per heavy atom. The molecule has 4 nitrogen and oxygen atoms in total. The minimum Gasteiger partial charge on any atom is -0.366 e. The molecular weight excluding hydrogens is 252 g/mol. The van der Waals surface area contributed by atoms with Crippen LogP contribution in [0.5, 0.6) is 0 Å². The first kappa shape index (κ1) is 9.14. The lowest BCUT2D eigenvalue weighted by Gasteiger charge is -1.91. The minimum absolute atomic E-state index is 0.297. The molecule has 76 valence electrons. The highest BCUT2D eigenvalue weighted by atomic mass is 35.5. The number of rotatable bonds is 1. The Labute approximate surface area is 97.9 Å². The van der Waals surface area contributed by atoms with Gasteiger partial charge < -0.3 is 5.73 Å². The number of aromatic nitrogens is 3. The molecule has 7 heteroatoms. The van der Waals surface area contributed by atoms with Crippen molar-refractivity contribution < 1.29 is 0 Å². The van der Waals surface area contributed by atoms with E-state index in [0.29, 0.717) is 5.95 Å². The molecule has 0 saturated heterocycles. The molecule has 0 amide bonds. The van der Waals surface area contributed by atoms with Crippen molar-refractivity contribution in [3.63, 3.8) is 0 Å². The van der Waals surface area contributed by atoms with E-state index in [1.54, 1.807) is 4.52 Å². The van der Waals surface area contributed by atoms with Gasteiger partial charge in [0.05, 0.1) is 14.9 Å². The van der Waals surface area contributed by atoms with Gasteiger partial charge in [0.15, 0.2) is 0 Å².